The molecule has 1 amide bonds. The van der Waals surface area contributed by atoms with Gasteiger partial charge >= 0.3 is 5.97 Å². The van der Waals surface area contributed by atoms with Crippen molar-refractivity contribution in [3.05, 3.63) is 41.7 Å². The first kappa shape index (κ1) is 13.0. The summed E-state index contributed by atoms with van der Waals surface area (Å²) in [6.07, 6.45) is 1.26. The standard InChI is InChI=1S/C11H8N4O3S/c12-10(16)7-2-4-9(15-14-7)19-8-3-1-6(5-13-8)11(17)18/h1-5H,(H2,12,16)(H,17,18). The number of rotatable bonds is 4. The molecule has 0 saturated heterocycles. The number of hydrogen-bond donors (Lipinski definition) is 2. The number of carbonyl (C=O) groups is 2. The molecule has 96 valence electrons. The molecular formula is C11H8N4O3S. The zero-order chi connectivity index (χ0) is 13.8. The average molecular weight is 276 g/mol. The third-order valence-corrected chi connectivity index (χ3v) is 2.96. The van der Waals surface area contributed by atoms with Gasteiger partial charge in [-0.25, -0.2) is 9.78 Å². The molecule has 2 rings (SSSR count). The van der Waals surface area contributed by atoms with Gasteiger partial charge in [-0.15, -0.1) is 10.2 Å². The highest BCUT2D eigenvalue weighted by Gasteiger charge is 2.07. The van der Waals surface area contributed by atoms with Gasteiger partial charge in [0.15, 0.2) is 5.69 Å². The lowest BCUT2D eigenvalue weighted by Gasteiger charge is -2.00. The highest BCUT2D eigenvalue weighted by Crippen LogP contribution is 2.23. The van der Waals surface area contributed by atoms with Crippen LogP contribution in [0, 0.1) is 0 Å². The summed E-state index contributed by atoms with van der Waals surface area (Å²) in [6, 6.07) is 6.06. The lowest BCUT2D eigenvalue weighted by Crippen LogP contribution is -2.13. The van der Waals surface area contributed by atoms with Crippen molar-refractivity contribution in [1.82, 2.24) is 15.2 Å². The van der Waals surface area contributed by atoms with Crippen LogP contribution < -0.4 is 5.73 Å². The van der Waals surface area contributed by atoms with Gasteiger partial charge < -0.3 is 10.8 Å². The van der Waals surface area contributed by atoms with Gasteiger partial charge in [0.25, 0.3) is 5.91 Å². The highest BCUT2D eigenvalue weighted by atomic mass is 32.2. The van der Waals surface area contributed by atoms with E-state index >= 15 is 0 Å². The van der Waals surface area contributed by atoms with E-state index < -0.39 is 11.9 Å². The van der Waals surface area contributed by atoms with Crippen molar-refractivity contribution in [2.75, 3.05) is 0 Å². The van der Waals surface area contributed by atoms with Crippen LogP contribution >= 0.6 is 11.8 Å². The molecule has 7 nitrogen and oxygen atoms in total. The number of aromatic carboxylic acids is 1. The van der Waals surface area contributed by atoms with Crippen molar-refractivity contribution in [2.45, 2.75) is 10.1 Å². The van der Waals surface area contributed by atoms with E-state index in [0.29, 0.717) is 10.1 Å². The SMILES string of the molecule is NC(=O)c1ccc(Sc2ccc(C(=O)O)cn2)nn1. The van der Waals surface area contributed by atoms with Crippen molar-refractivity contribution < 1.29 is 14.7 Å². The Morgan fingerprint density at radius 2 is 1.84 bits per heavy atom. The summed E-state index contributed by atoms with van der Waals surface area (Å²) < 4.78 is 0. The first-order valence-corrected chi connectivity index (χ1v) is 5.88. The third kappa shape index (κ3) is 3.26. The smallest absolute Gasteiger partial charge is 0.337 e. The molecule has 0 aliphatic carbocycles. The minimum Gasteiger partial charge on any atom is -0.478 e. The predicted octanol–water partition coefficient (Wildman–Crippen LogP) is 0.820. The van der Waals surface area contributed by atoms with E-state index in [2.05, 4.69) is 15.2 Å². The Labute approximate surface area is 111 Å². The molecule has 0 aliphatic heterocycles. The van der Waals surface area contributed by atoms with Crippen molar-refractivity contribution in [3.63, 3.8) is 0 Å². The van der Waals surface area contributed by atoms with Gasteiger partial charge in [0.2, 0.25) is 0 Å². The molecule has 19 heavy (non-hydrogen) atoms. The molecule has 0 radical (unpaired) electrons. The minimum atomic E-state index is -1.03. The number of hydrogen-bond acceptors (Lipinski definition) is 6. The van der Waals surface area contributed by atoms with Crippen LogP contribution in [-0.4, -0.2) is 32.2 Å². The summed E-state index contributed by atoms with van der Waals surface area (Å²) >= 11 is 1.20. The number of pyridine rings is 1. The van der Waals surface area contributed by atoms with E-state index in [1.54, 1.807) is 12.1 Å². The topological polar surface area (TPSA) is 119 Å². The Bertz CT molecular complexity index is 557. The van der Waals surface area contributed by atoms with Crippen LogP contribution in [0.3, 0.4) is 0 Å². The van der Waals surface area contributed by atoms with Gasteiger partial charge in [-0.2, -0.15) is 0 Å². The molecular weight excluding hydrogens is 268 g/mol. The van der Waals surface area contributed by atoms with Crippen molar-refractivity contribution in [3.8, 4) is 0 Å². The second-order valence-electron chi connectivity index (χ2n) is 3.41. The average Bonchev–Trinajstić information content (AvgIpc) is 2.40. The summed E-state index contributed by atoms with van der Waals surface area (Å²) in [6.45, 7) is 0. The second kappa shape index (κ2) is 5.44. The van der Waals surface area contributed by atoms with Gasteiger partial charge in [-0.05, 0) is 36.0 Å². The number of aromatic nitrogens is 3. The van der Waals surface area contributed by atoms with Crippen molar-refractivity contribution in [1.29, 1.82) is 0 Å². The Kier molecular flexibility index (Phi) is 3.71. The van der Waals surface area contributed by atoms with Crippen LogP contribution in [0.4, 0.5) is 0 Å². The first-order chi connectivity index (χ1) is 9.06. The Morgan fingerprint density at radius 3 is 2.32 bits per heavy atom. The van der Waals surface area contributed by atoms with Gasteiger partial charge in [-0.1, -0.05) is 0 Å². The molecule has 0 aliphatic rings. The molecule has 2 aromatic rings. The van der Waals surface area contributed by atoms with Crippen LogP contribution in [0.5, 0.6) is 0 Å². The van der Waals surface area contributed by atoms with Gasteiger partial charge in [0.1, 0.15) is 10.1 Å². The molecule has 2 heterocycles. The summed E-state index contributed by atoms with van der Waals surface area (Å²) in [5.74, 6) is -1.68. The molecule has 8 heteroatoms. The molecule has 0 bridgehead atoms. The maximum Gasteiger partial charge on any atom is 0.337 e. The maximum atomic E-state index is 10.8. The summed E-state index contributed by atoms with van der Waals surface area (Å²) in [5, 5.41) is 17.3. The van der Waals surface area contributed by atoms with E-state index in [9.17, 15) is 9.59 Å². The molecule has 0 unspecified atom stereocenters. The lowest BCUT2D eigenvalue weighted by molar-refractivity contribution is 0.0696. The Morgan fingerprint density at radius 1 is 1.11 bits per heavy atom. The number of carboxylic acid groups (broad SMARTS) is 1. The van der Waals surface area contributed by atoms with E-state index in [1.165, 1.54) is 30.1 Å². The first-order valence-electron chi connectivity index (χ1n) is 5.07. The fourth-order valence-corrected chi connectivity index (χ4v) is 1.85. The number of primary amides is 1. The summed E-state index contributed by atoms with van der Waals surface area (Å²) in [5.41, 5.74) is 5.24. The highest BCUT2D eigenvalue weighted by molar-refractivity contribution is 7.99. The van der Waals surface area contributed by atoms with E-state index in [4.69, 9.17) is 10.8 Å². The molecule has 2 aromatic heterocycles. The van der Waals surface area contributed by atoms with E-state index in [1.807, 2.05) is 0 Å². The lowest BCUT2D eigenvalue weighted by atomic mass is 10.3. The maximum absolute atomic E-state index is 10.8. The molecule has 0 aromatic carbocycles. The molecule has 3 N–H and O–H groups in total. The predicted molar refractivity (Wildman–Crippen MR) is 65.9 cm³/mol. The van der Waals surface area contributed by atoms with Crippen LogP contribution in [0.1, 0.15) is 20.8 Å². The molecule has 0 spiro atoms. The second-order valence-corrected chi connectivity index (χ2v) is 4.45. The van der Waals surface area contributed by atoms with Crippen LogP contribution in [0.25, 0.3) is 0 Å². The van der Waals surface area contributed by atoms with E-state index in [0.717, 1.165) is 0 Å². The Hall–Kier alpha value is -2.48. The number of amides is 1. The van der Waals surface area contributed by atoms with Crippen molar-refractivity contribution in [2.24, 2.45) is 5.73 Å². The number of carbonyl (C=O) groups excluding carboxylic acids is 1. The fourth-order valence-electron chi connectivity index (χ4n) is 1.18. The third-order valence-electron chi connectivity index (χ3n) is 2.08. The van der Waals surface area contributed by atoms with Crippen LogP contribution in [0.2, 0.25) is 0 Å². The number of nitrogens with zero attached hydrogens (tertiary/aromatic N) is 3. The van der Waals surface area contributed by atoms with Gasteiger partial charge in [0, 0.05) is 6.20 Å². The molecule has 0 atom stereocenters. The van der Waals surface area contributed by atoms with Crippen LogP contribution in [0.15, 0.2) is 40.5 Å². The Balaban J connectivity index is 2.12. The summed E-state index contributed by atoms with van der Waals surface area (Å²) in [7, 11) is 0. The zero-order valence-electron chi connectivity index (χ0n) is 9.48. The van der Waals surface area contributed by atoms with Gasteiger partial charge in [-0.3, -0.25) is 4.79 Å². The zero-order valence-corrected chi connectivity index (χ0v) is 10.3. The van der Waals surface area contributed by atoms with E-state index in [-0.39, 0.29) is 11.3 Å². The monoisotopic (exact) mass is 276 g/mol. The number of nitrogens with two attached hydrogens (primary N) is 1. The van der Waals surface area contributed by atoms with Gasteiger partial charge in [0.05, 0.1) is 5.56 Å². The molecule has 0 fully saturated rings. The largest absolute Gasteiger partial charge is 0.478 e. The quantitative estimate of drug-likeness (QED) is 0.848. The van der Waals surface area contributed by atoms with Crippen molar-refractivity contribution >= 4 is 23.6 Å². The minimum absolute atomic E-state index is 0.0820. The normalized spacial score (nSPS) is 10.1. The summed E-state index contributed by atoms with van der Waals surface area (Å²) in [4.78, 5) is 25.5. The van der Waals surface area contributed by atoms with Crippen LogP contribution in [-0.2, 0) is 0 Å². The number of carboxylic acids is 1. The fraction of sp³-hybridized carbons (Fsp3) is 0. The molecule has 0 saturated carbocycles.